The van der Waals surface area contributed by atoms with Crippen molar-refractivity contribution >= 4 is 0 Å². The number of halogens is 3. The average Bonchev–Trinajstić information content (AvgIpc) is 2.31. The molecule has 0 spiro atoms. The van der Waals surface area contributed by atoms with Gasteiger partial charge in [-0.25, -0.2) is 0 Å². The van der Waals surface area contributed by atoms with E-state index in [2.05, 4.69) is 23.9 Å². The minimum absolute atomic E-state index is 0.124. The van der Waals surface area contributed by atoms with Gasteiger partial charge in [-0.15, -0.1) is 13.2 Å². The van der Waals surface area contributed by atoms with E-state index >= 15 is 0 Å². The van der Waals surface area contributed by atoms with Crippen molar-refractivity contribution in [2.45, 2.75) is 39.0 Å². The molecule has 0 amide bonds. The number of benzene rings is 1. The minimum Gasteiger partial charge on any atom is -0.406 e. The second-order valence-electron chi connectivity index (χ2n) is 6.12. The quantitative estimate of drug-likeness (QED) is 0.844. The SMILES string of the molecule is CC(C)CNCC1CCC1c1cccc(OC(F)(F)F)c1. The van der Waals surface area contributed by atoms with Crippen molar-refractivity contribution in [1.82, 2.24) is 5.32 Å². The van der Waals surface area contributed by atoms with Crippen LogP contribution >= 0.6 is 0 Å². The molecule has 0 aliphatic heterocycles. The first-order valence-corrected chi connectivity index (χ1v) is 7.41. The summed E-state index contributed by atoms with van der Waals surface area (Å²) in [5.74, 6) is 1.32. The van der Waals surface area contributed by atoms with Crippen LogP contribution in [0.3, 0.4) is 0 Å². The van der Waals surface area contributed by atoms with Crippen LogP contribution in [0, 0.1) is 11.8 Å². The van der Waals surface area contributed by atoms with E-state index in [4.69, 9.17) is 0 Å². The van der Waals surface area contributed by atoms with Crippen LogP contribution in [-0.2, 0) is 0 Å². The molecule has 1 saturated carbocycles. The number of hydrogen-bond acceptors (Lipinski definition) is 2. The zero-order valence-electron chi connectivity index (χ0n) is 12.4. The van der Waals surface area contributed by atoms with Crippen molar-refractivity contribution in [3.63, 3.8) is 0 Å². The van der Waals surface area contributed by atoms with E-state index in [1.165, 1.54) is 12.1 Å². The third kappa shape index (κ3) is 4.92. The maximum absolute atomic E-state index is 12.3. The Bertz CT molecular complexity index is 459. The Morgan fingerprint density at radius 3 is 2.62 bits per heavy atom. The maximum Gasteiger partial charge on any atom is 0.573 e. The summed E-state index contributed by atoms with van der Waals surface area (Å²) in [6.45, 7) is 6.21. The molecule has 0 aromatic heterocycles. The number of ether oxygens (including phenoxy) is 1. The van der Waals surface area contributed by atoms with Gasteiger partial charge in [-0.1, -0.05) is 26.0 Å². The second-order valence-corrected chi connectivity index (χ2v) is 6.12. The van der Waals surface area contributed by atoms with Gasteiger partial charge in [0.2, 0.25) is 0 Å². The molecule has 0 bridgehead atoms. The molecule has 1 aliphatic rings. The molecule has 1 fully saturated rings. The average molecular weight is 301 g/mol. The summed E-state index contributed by atoms with van der Waals surface area (Å²) in [6.07, 6.45) is -2.47. The molecule has 1 aromatic carbocycles. The van der Waals surface area contributed by atoms with Gasteiger partial charge in [0.25, 0.3) is 0 Å². The van der Waals surface area contributed by atoms with E-state index in [1.54, 1.807) is 6.07 Å². The minimum atomic E-state index is -4.63. The standard InChI is InChI=1S/C16H22F3NO/c1-11(2)9-20-10-13-6-7-15(13)12-4-3-5-14(8-12)21-16(17,18)19/h3-5,8,11,13,15,20H,6-7,9-10H2,1-2H3. The van der Waals surface area contributed by atoms with Crippen LogP contribution < -0.4 is 10.1 Å². The summed E-state index contributed by atoms with van der Waals surface area (Å²) in [7, 11) is 0. The number of alkyl halides is 3. The Hall–Kier alpha value is -1.23. The fourth-order valence-electron chi connectivity index (χ4n) is 2.75. The van der Waals surface area contributed by atoms with Crippen molar-refractivity contribution in [3.05, 3.63) is 29.8 Å². The Morgan fingerprint density at radius 2 is 2.05 bits per heavy atom. The zero-order chi connectivity index (χ0) is 15.5. The summed E-state index contributed by atoms with van der Waals surface area (Å²) >= 11 is 0. The predicted octanol–water partition coefficient (Wildman–Crippen LogP) is 4.32. The molecule has 1 aliphatic carbocycles. The largest absolute Gasteiger partial charge is 0.573 e. The lowest BCUT2D eigenvalue weighted by molar-refractivity contribution is -0.274. The highest BCUT2D eigenvalue weighted by atomic mass is 19.4. The van der Waals surface area contributed by atoms with Crippen LogP contribution in [0.2, 0.25) is 0 Å². The van der Waals surface area contributed by atoms with Gasteiger partial charge in [-0.3, -0.25) is 0 Å². The fourth-order valence-corrected chi connectivity index (χ4v) is 2.75. The normalized spacial score (nSPS) is 22.2. The van der Waals surface area contributed by atoms with Crippen molar-refractivity contribution in [3.8, 4) is 5.75 Å². The first-order valence-electron chi connectivity index (χ1n) is 7.41. The molecule has 2 unspecified atom stereocenters. The summed E-state index contributed by atoms with van der Waals surface area (Å²) < 4.78 is 40.8. The molecule has 1 N–H and O–H groups in total. The molecule has 0 saturated heterocycles. The predicted molar refractivity (Wildman–Crippen MR) is 76.3 cm³/mol. The van der Waals surface area contributed by atoms with Crippen LogP contribution in [0.15, 0.2) is 24.3 Å². The van der Waals surface area contributed by atoms with Crippen LogP contribution in [-0.4, -0.2) is 19.5 Å². The Balaban J connectivity index is 1.93. The molecule has 2 rings (SSSR count). The van der Waals surface area contributed by atoms with E-state index < -0.39 is 6.36 Å². The molecule has 21 heavy (non-hydrogen) atoms. The van der Waals surface area contributed by atoms with Crippen molar-refractivity contribution in [2.24, 2.45) is 11.8 Å². The molecule has 0 radical (unpaired) electrons. The number of hydrogen-bond donors (Lipinski definition) is 1. The maximum atomic E-state index is 12.3. The van der Waals surface area contributed by atoms with E-state index in [0.29, 0.717) is 17.8 Å². The van der Waals surface area contributed by atoms with Gasteiger partial charge in [-0.2, -0.15) is 0 Å². The first-order chi connectivity index (χ1) is 9.85. The lowest BCUT2D eigenvalue weighted by Gasteiger charge is -2.37. The van der Waals surface area contributed by atoms with Gasteiger partial charge in [0.05, 0.1) is 0 Å². The number of rotatable bonds is 6. The zero-order valence-corrected chi connectivity index (χ0v) is 12.4. The second kappa shape index (κ2) is 6.69. The summed E-state index contributed by atoms with van der Waals surface area (Å²) in [5, 5.41) is 3.43. The number of nitrogens with one attached hydrogen (secondary N) is 1. The lowest BCUT2D eigenvalue weighted by Crippen LogP contribution is -2.35. The summed E-state index contributed by atoms with van der Waals surface area (Å²) in [5.41, 5.74) is 0.944. The molecule has 2 nitrogen and oxygen atoms in total. The molecule has 0 heterocycles. The van der Waals surface area contributed by atoms with Crippen LogP contribution in [0.5, 0.6) is 5.75 Å². The Kier molecular flexibility index (Phi) is 5.14. The van der Waals surface area contributed by atoms with Gasteiger partial charge in [0, 0.05) is 0 Å². The summed E-state index contributed by atoms with van der Waals surface area (Å²) in [4.78, 5) is 0. The van der Waals surface area contributed by atoms with E-state index in [1.807, 2.05) is 6.07 Å². The monoisotopic (exact) mass is 301 g/mol. The molecule has 5 heteroatoms. The van der Waals surface area contributed by atoms with Gasteiger partial charge >= 0.3 is 6.36 Å². The van der Waals surface area contributed by atoms with E-state index in [0.717, 1.165) is 31.5 Å². The highest BCUT2D eigenvalue weighted by molar-refractivity contribution is 5.32. The molecular weight excluding hydrogens is 279 g/mol. The van der Waals surface area contributed by atoms with Crippen molar-refractivity contribution in [2.75, 3.05) is 13.1 Å². The highest BCUT2D eigenvalue weighted by Gasteiger charge is 2.34. The van der Waals surface area contributed by atoms with Crippen molar-refractivity contribution < 1.29 is 17.9 Å². The third-order valence-electron chi connectivity index (χ3n) is 3.90. The van der Waals surface area contributed by atoms with Gasteiger partial charge in [0.15, 0.2) is 0 Å². The summed E-state index contributed by atoms with van der Waals surface area (Å²) in [6, 6.07) is 6.39. The van der Waals surface area contributed by atoms with E-state index in [-0.39, 0.29) is 5.75 Å². The van der Waals surface area contributed by atoms with Gasteiger partial charge in [-0.05, 0) is 61.4 Å². The van der Waals surface area contributed by atoms with Crippen LogP contribution in [0.25, 0.3) is 0 Å². The molecule has 2 atom stereocenters. The topological polar surface area (TPSA) is 21.3 Å². The third-order valence-corrected chi connectivity index (χ3v) is 3.90. The first kappa shape index (κ1) is 16.1. The van der Waals surface area contributed by atoms with Crippen LogP contribution in [0.1, 0.15) is 38.2 Å². The highest BCUT2D eigenvalue weighted by Crippen LogP contribution is 2.43. The lowest BCUT2D eigenvalue weighted by atomic mass is 9.70. The molecular formula is C16H22F3NO. The van der Waals surface area contributed by atoms with Crippen LogP contribution in [0.4, 0.5) is 13.2 Å². The molecule has 118 valence electrons. The fraction of sp³-hybridized carbons (Fsp3) is 0.625. The Morgan fingerprint density at radius 1 is 1.29 bits per heavy atom. The smallest absolute Gasteiger partial charge is 0.406 e. The van der Waals surface area contributed by atoms with Gasteiger partial charge in [0.1, 0.15) is 5.75 Å². The van der Waals surface area contributed by atoms with E-state index in [9.17, 15) is 13.2 Å². The van der Waals surface area contributed by atoms with Crippen molar-refractivity contribution in [1.29, 1.82) is 0 Å². The molecule has 1 aromatic rings. The van der Waals surface area contributed by atoms with Gasteiger partial charge < -0.3 is 10.1 Å². The Labute approximate surface area is 123 Å².